The van der Waals surface area contributed by atoms with Crippen LogP contribution < -0.4 is 4.74 Å². The Hall–Kier alpha value is -2.77. The summed E-state index contributed by atoms with van der Waals surface area (Å²) in [6.45, 7) is 2.05. The van der Waals surface area contributed by atoms with Crippen molar-refractivity contribution in [3.63, 3.8) is 0 Å². The highest BCUT2D eigenvalue weighted by Gasteiger charge is 2.34. The van der Waals surface area contributed by atoms with Crippen molar-refractivity contribution in [2.75, 3.05) is 13.1 Å². The zero-order chi connectivity index (χ0) is 19.7. The van der Waals surface area contributed by atoms with Gasteiger partial charge in [0, 0.05) is 23.7 Å². The second kappa shape index (κ2) is 7.33. The molecule has 1 unspecified atom stereocenters. The highest BCUT2D eigenvalue weighted by molar-refractivity contribution is 7.89. The monoisotopic (exact) mass is 396 g/mol. The predicted octanol–water partition coefficient (Wildman–Crippen LogP) is 3.28. The third-order valence-corrected chi connectivity index (χ3v) is 6.74. The number of aromatic nitrogens is 1. The van der Waals surface area contributed by atoms with E-state index in [0.29, 0.717) is 24.3 Å². The van der Waals surface area contributed by atoms with Gasteiger partial charge in [0.15, 0.2) is 5.78 Å². The second-order valence-electron chi connectivity index (χ2n) is 6.81. The normalized spacial score (nSPS) is 17.7. The first-order valence-electron chi connectivity index (χ1n) is 9.07. The molecule has 1 aliphatic rings. The average molecular weight is 396 g/mol. The van der Waals surface area contributed by atoms with E-state index in [1.165, 1.54) is 23.4 Å². The quantitative estimate of drug-likeness (QED) is 0.619. The number of fused-ring (bicyclic) bond motifs is 1. The maximum atomic E-state index is 13.0. The Bertz CT molecular complexity index is 1140. The van der Waals surface area contributed by atoms with Crippen molar-refractivity contribution < 1.29 is 17.9 Å². The van der Waals surface area contributed by atoms with Crippen LogP contribution in [-0.4, -0.2) is 42.7 Å². The van der Waals surface area contributed by atoms with Gasteiger partial charge in [0.1, 0.15) is 17.4 Å². The minimum absolute atomic E-state index is 0.132. The number of para-hydroxylation sites is 1. The van der Waals surface area contributed by atoms with Gasteiger partial charge in [-0.25, -0.2) is 8.42 Å². The number of hydrogen-bond acceptors (Lipinski definition) is 5. The van der Waals surface area contributed by atoms with Gasteiger partial charge in [-0.1, -0.05) is 30.3 Å². The number of ether oxygens (including phenoxy) is 1. The molecule has 0 radical (unpaired) electrons. The van der Waals surface area contributed by atoms with E-state index >= 15 is 0 Å². The SMILES string of the molecule is CC(=O)c1cccc(S(=O)(=O)N2CCC(Oc3cccc4cccnc34)C2)c1. The van der Waals surface area contributed by atoms with Crippen LogP contribution in [0.25, 0.3) is 10.9 Å². The summed E-state index contributed by atoms with van der Waals surface area (Å²) in [7, 11) is -3.68. The van der Waals surface area contributed by atoms with Crippen LogP contribution in [0.4, 0.5) is 0 Å². The van der Waals surface area contributed by atoms with E-state index in [4.69, 9.17) is 4.74 Å². The van der Waals surface area contributed by atoms with Gasteiger partial charge in [-0.2, -0.15) is 4.31 Å². The van der Waals surface area contributed by atoms with Gasteiger partial charge in [0.2, 0.25) is 10.0 Å². The lowest BCUT2D eigenvalue weighted by molar-refractivity contribution is 0.101. The molecule has 3 aromatic rings. The maximum absolute atomic E-state index is 13.0. The topological polar surface area (TPSA) is 76.6 Å². The van der Waals surface area contributed by atoms with Crippen LogP contribution in [0.2, 0.25) is 0 Å². The largest absolute Gasteiger partial charge is 0.487 e. The molecule has 28 heavy (non-hydrogen) atoms. The number of nitrogens with zero attached hydrogens (tertiary/aromatic N) is 2. The zero-order valence-electron chi connectivity index (χ0n) is 15.4. The first-order valence-corrected chi connectivity index (χ1v) is 10.5. The molecule has 4 rings (SSSR count). The molecule has 1 atom stereocenters. The summed E-state index contributed by atoms with van der Waals surface area (Å²) in [6.07, 6.45) is 2.05. The summed E-state index contributed by atoms with van der Waals surface area (Å²) in [5.74, 6) is 0.490. The van der Waals surface area contributed by atoms with E-state index in [1.807, 2.05) is 30.3 Å². The van der Waals surface area contributed by atoms with Crippen LogP contribution in [0.3, 0.4) is 0 Å². The molecule has 1 aliphatic heterocycles. The molecule has 144 valence electrons. The number of Topliss-reactive ketones (excluding diaryl/α,β-unsaturated/α-hetero) is 1. The first kappa shape index (κ1) is 18.6. The fourth-order valence-corrected chi connectivity index (χ4v) is 4.92. The highest BCUT2D eigenvalue weighted by Crippen LogP contribution is 2.28. The summed E-state index contributed by atoms with van der Waals surface area (Å²) in [5.41, 5.74) is 1.15. The van der Waals surface area contributed by atoms with Crippen LogP contribution in [0.1, 0.15) is 23.7 Å². The van der Waals surface area contributed by atoms with Gasteiger partial charge < -0.3 is 4.74 Å². The summed E-state index contributed by atoms with van der Waals surface area (Å²) in [5, 5.41) is 0.975. The highest BCUT2D eigenvalue weighted by atomic mass is 32.2. The van der Waals surface area contributed by atoms with Crippen molar-refractivity contribution in [1.82, 2.24) is 9.29 Å². The maximum Gasteiger partial charge on any atom is 0.243 e. The van der Waals surface area contributed by atoms with Crippen LogP contribution in [-0.2, 0) is 10.0 Å². The predicted molar refractivity (Wildman–Crippen MR) is 106 cm³/mol. The molecule has 2 aromatic carbocycles. The molecule has 0 amide bonds. The van der Waals surface area contributed by atoms with E-state index < -0.39 is 10.0 Å². The Labute approximate surface area is 163 Å². The molecule has 1 saturated heterocycles. The van der Waals surface area contributed by atoms with Crippen molar-refractivity contribution in [2.45, 2.75) is 24.3 Å². The third kappa shape index (κ3) is 3.50. The number of pyridine rings is 1. The Balaban J connectivity index is 1.53. The minimum Gasteiger partial charge on any atom is -0.487 e. The van der Waals surface area contributed by atoms with Gasteiger partial charge >= 0.3 is 0 Å². The second-order valence-corrected chi connectivity index (χ2v) is 8.74. The molecular weight excluding hydrogens is 376 g/mol. The molecule has 2 heterocycles. The minimum atomic E-state index is -3.68. The van der Waals surface area contributed by atoms with Crippen LogP contribution in [0.5, 0.6) is 5.75 Å². The number of carbonyl (C=O) groups is 1. The number of rotatable bonds is 5. The lowest BCUT2D eigenvalue weighted by Crippen LogP contribution is -2.31. The van der Waals surface area contributed by atoms with Gasteiger partial charge in [-0.3, -0.25) is 9.78 Å². The Kier molecular flexibility index (Phi) is 4.87. The van der Waals surface area contributed by atoms with Crippen LogP contribution >= 0.6 is 0 Å². The molecule has 7 heteroatoms. The van der Waals surface area contributed by atoms with Crippen molar-refractivity contribution in [1.29, 1.82) is 0 Å². The summed E-state index contributed by atoms with van der Waals surface area (Å²) in [6, 6.07) is 15.7. The summed E-state index contributed by atoms with van der Waals surface area (Å²) >= 11 is 0. The molecule has 1 aromatic heterocycles. The molecule has 0 N–H and O–H groups in total. The van der Waals surface area contributed by atoms with E-state index in [9.17, 15) is 13.2 Å². The Morgan fingerprint density at radius 3 is 2.75 bits per heavy atom. The van der Waals surface area contributed by atoms with Crippen molar-refractivity contribution in [3.05, 3.63) is 66.4 Å². The number of hydrogen-bond donors (Lipinski definition) is 0. The van der Waals surface area contributed by atoms with E-state index in [0.717, 1.165) is 10.9 Å². The number of benzene rings is 2. The van der Waals surface area contributed by atoms with Crippen molar-refractivity contribution in [3.8, 4) is 5.75 Å². The summed E-state index contributed by atoms with van der Waals surface area (Å²) in [4.78, 5) is 16.1. The average Bonchev–Trinajstić information content (AvgIpc) is 3.18. The smallest absolute Gasteiger partial charge is 0.243 e. The Morgan fingerprint density at radius 2 is 1.93 bits per heavy atom. The molecule has 1 fully saturated rings. The zero-order valence-corrected chi connectivity index (χ0v) is 16.2. The molecular formula is C21H20N2O4S. The van der Waals surface area contributed by atoms with Crippen molar-refractivity contribution >= 4 is 26.7 Å². The fourth-order valence-electron chi connectivity index (χ4n) is 3.39. The van der Waals surface area contributed by atoms with Gasteiger partial charge in [0.05, 0.1) is 11.4 Å². The fraction of sp³-hybridized carbons (Fsp3) is 0.238. The van der Waals surface area contributed by atoms with E-state index in [2.05, 4.69) is 4.98 Å². The van der Waals surface area contributed by atoms with Crippen LogP contribution in [0.15, 0.2) is 65.7 Å². The number of carbonyl (C=O) groups excluding carboxylic acids is 1. The lowest BCUT2D eigenvalue weighted by atomic mass is 10.2. The van der Waals surface area contributed by atoms with Crippen LogP contribution in [0, 0.1) is 0 Å². The Morgan fingerprint density at radius 1 is 1.14 bits per heavy atom. The van der Waals surface area contributed by atoms with Gasteiger partial charge in [0.25, 0.3) is 0 Å². The molecule has 0 bridgehead atoms. The molecule has 0 saturated carbocycles. The first-order chi connectivity index (χ1) is 13.4. The van der Waals surface area contributed by atoms with Crippen molar-refractivity contribution in [2.24, 2.45) is 0 Å². The third-order valence-electron chi connectivity index (χ3n) is 4.88. The molecule has 0 spiro atoms. The molecule has 0 aliphatic carbocycles. The summed E-state index contributed by atoms with van der Waals surface area (Å²) < 4.78 is 33.4. The molecule has 6 nitrogen and oxygen atoms in total. The lowest BCUT2D eigenvalue weighted by Gasteiger charge is -2.18. The van der Waals surface area contributed by atoms with E-state index in [1.54, 1.807) is 18.3 Å². The van der Waals surface area contributed by atoms with E-state index in [-0.39, 0.29) is 23.3 Å². The standard InChI is InChI=1S/C21H20N2O4S/c1-15(24)17-6-2-8-19(13-17)28(25,26)23-12-10-18(14-23)27-20-9-3-5-16-7-4-11-22-21(16)20/h2-9,11,13,18H,10,12,14H2,1H3. The number of sulfonamides is 1. The number of ketones is 1. The van der Waals surface area contributed by atoms with Gasteiger partial charge in [-0.15, -0.1) is 0 Å². The van der Waals surface area contributed by atoms with Gasteiger partial charge in [-0.05, 0) is 37.6 Å².